The van der Waals surface area contributed by atoms with E-state index in [-0.39, 0.29) is 38.1 Å². The van der Waals surface area contributed by atoms with Crippen LogP contribution in [0.1, 0.15) is 89.5 Å². The number of nitrogens with one attached hydrogen (secondary N) is 1. The molecule has 3 aromatic carbocycles. The van der Waals surface area contributed by atoms with Crippen molar-refractivity contribution in [3.63, 3.8) is 0 Å². The normalized spacial score (nSPS) is 14.1. The smallest absolute Gasteiger partial charge is 0.317 e. The van der Waals surface area contributed by atoms with E-state index >= 15 is 0 Å². The van der Waals surface area contributed by atoms with Crippen LogP contribution < -0.4 is 5.32 Å². The second kappa shape index (κ2) is 16.3. The van der Waals surface area contributed by atoms with Gasteiger partial charge >= 0.3 is 7.82 Å². The van der Waals surface area contributed by atoms with Crippen LogP contribution in [0.15, 0.2) is 91.4 Å². The van der Waals surface area contributed by atoms with E-state index in [1.165, 1.54) is 5.56 Å². The molecule has 0 amide bonds. The van der Waals surface area contributed by atoms with Gasteiger partial charge in [-0.3, -0.25) is 22.9 Å². The van der Waals surface area contributed by atoms with E-state index in [1.54, 1.807) is 10.8 Å². The number of fused-ring (bicyclic) bond motifs is 2. The molecule has 7 rings (SSSR count). The SMILES string of the molecule is Cc1c(-c2c(C(C)C)c3cc(C4CCNCC4)ccc3n2C(=O)CCCOP(=O)(OCc2ccccc2)OCc2ccccc2)cn2ncnc2c1C. The summed E-state index contributed by atoms with van der Waals surface area (Å²) in [5.74, 6) is 0.532. The lowest BCUT2D eigenvalue weighted by Crippen LogP contribution is -2.26. The van der Waals surface area contributed by atoms with Crippen LogP contribution in [0.3, 0.4) is 0 Å². The number of piperidine rings is 1. The molecule has 10 nitrogen and oxygen atoms in total. The van der Waals surface area contributed by atoms with Crippen molar-refractivity contribution in [1.82, 2.24) is 24.5 Å². The molecule has 6 aromatic rings. The number of phosphoric acid groups is 1. The van der Waals surface area contributed by atoms with Crippen molar-refractivity contribution < 1.29 is 22.9 Å². The molecule has 0 spiro atoms. The molecule has 4 heterocycles. The highest BCUT2D eigenvalue weighted by atomic mass is 31.2. The average molecular weight is 734 g/mol. The number of aromatic nitrogens is 4. The first-order valence-corrected chi connectivity index (χ1v) is 20.0. The van der Waals surface area contributed by atoms with Crippen LogP contribution in [-0.4, -0.2) is 44.8 Å². The predicted octanol–water partition coefficient (Wildman–Crippen LogP) is 9.54. The summed E-state index contributed by atoms with van der Waals surface area (Å²) in [5.41, 5.74) is 9.72. The Balaban J connectivity index is 1.19. The van der Waals surface area contributed by atoms with Crippen molar-refractivity contribution >= 4 is 30.3 Å². The van der Waals surface area contributed by atoms with Crippen LogP contribution >= 0.6 is 7.82 Å². The molecule has 1 N–H and O–H groups in total. The van der Waals surface area contributed by atoms with E-state index in [4.69, 9.17) is 13.6 Å². The second-order valence-corrected chi connectivity index (χ2v) is 15.8. The van der Waals surface area contributed by atoms with Crippen molar-refractivity contribution in [2.75, 3.05) is 19.7 Å². The zero-order valence-electron chi connectivity index (χ0n) is 31.0. The van der Waals surface area contributed by atoms with Gasteiger partial charge < -0.3 is 5.32 Å². The average Bonchev–Trinajstić information content (AvgIpc) is 3.80. The number of hydrogen-bond donors (Lipinski definition) is 1. The summed E-state index contributed by atoms with van der Waals surface area (Å²) in [7, 11) is -3.97. The number of hydrogen-bond acceptors (Lipinski definition) is 8. The minimum atomic E-state index is -3.97. The van der Waals surface area contributed by atoms with E-state index in [1.807, 2.05) is 71.4 Å². The van der Waals surface area contributed by atoms with Crippen LogP contribution in [0, 0.1) is 13.8 Å². The molecule has 0 saturated carbocycles. The molecule has 1 saturated heterocycles. The fraction of sp³-hybridized carbons (Fsp3) is 0.357. The van der Waals surface area contributed by atoms with Gasteiger partial charge in [-0.2, -0.15) is 5.10 Å². The highest BCUT2D eigenvalue weighted by Crippen LogP contribution is 2.51. The van der Waals surface area contributed by atoms with Crippen molar-refractivity contribution in [3.05, 3.63) is 125 Å². The summed E-state index contributed by atoms with van der Waals surface area (Å²) in [6, 6.07) is 25.6. The van der Waals surface area contributed by atoms with Crippen molar-refractivity contribution in [2.24, 2.45) is 0 Å². The molecule has 1 aliphatic rings. The molecule has 0 unspecified atom stereocenters. The Kier molecular flexibility index (Phi) is 11.3. The number of carbonyl (C=O) groups is 1. The first-order chi connectivity index (χ1) is 25.7. The molecular weight excluding hydrogens is 685 g/mol. The Labute approximate surface area is 311 Å². The maximum atomic E-state index is 14.6. The minimum absolute atomic E-state index is 0.0150. The van der Waals surface area contributed by atoms with Gasteiger partial charge in [0.05, 0.1) is 31.0 Å². The van der Waals surface area contributed by atoms with Gasteiger partial charge in [-0.25, -0.2) is 14.1 Å². The third-order valence-corrected chi connectivity index (χ3v) is 11.7. The van der Waals surface area contributed by atoms with Gasteiger partial charge in [-0.05, 0) is 104 Å². The maximum absolute atomic E-state index is 14.6. The Morgan fingerprint density at radius 2 is 1.57 bits per heavy atom. The lowest BCUT2D eigenvalue weighted by atomic mass is 9.88. The van der Waals surface area contributed by atoms with Gasteiger partial charge in [0.25, 0.3) is 0 Å². The van der Waals surface area contributed by atoms with Crippen molar-refractivity contribution in [2.45, 2.75) is 78.4 Å². The molecule has 0 aliphatic carbocycles. The number of aryl methyl sites for hydroxylation is 1. The molecule has 11 heteroatoms. The predicted molar refractivity (Wildman–Crippen MR) is 208 cm³/mol. The molecular formula is C42H48N5O5P. The third kappa shape index (κ3) is 8.08. The lowest BCUT2D eigenvalue weighted by molar-refractivity contribution is 0.0859. The molecule has 0 radical (unpaired) electrons. The van der Waals surface area contributed by atoms with Crippen LogP contribution in [0.5, 0.6) is 0 Å². The van der Waals surface area contributed by atoms with Gasteiger partial charge in [0, 0.05) is 23.6 Å². The lowest BCUT2D eigenvalue weighted by Gasteiger charge is -2.23. The summed E-state index contributed by atoms with van der Waals surface area (Å²) in [4.78, 5) is 19.0. The van der Waals surface area contributed by atoms with Crippen molar-refractivity contribution in [1.29, 1.82) is 0 Å². The maximum Gasteiger partial charge on any atom is 0.475 e. The Bertz CT molecular complexity index is 2200. The highest BCUT2D eigenvalue weighted by Gasteiger charge is 2.30. The van der Waals surface area contributed by atoms with E-state index in [2.05, 4.69) is 61.3 Å². The van der Waals surface area contributed by atoms with Gasteiger partial charge in [0.15, 0.2) is 5.65 Å². The third-order valence-electron chi connectivity index (χ3n) is 10.3. The molecule has 276 valence electrons. The number of pyridine rings is 1. The van der Waals surface area contributed by atoms with Gasteiger partial charge in [-0.1, -0.05) is 80.6 Å². The van der Waals surface area contributed by atoms with E-state index in [9.17, 15) is 9.36 Å². The molecule has 0 atom stereocenters. The monoisotopic (exact) mass is 733 g/mol. The summed E-state index contributed by atoms with van der Waals surface area (Å²) in [5, 5.41) is 9.05. The topological polar surface area (TPSA) is 109 Å². The van der Waals surface area contributed by atoms with Crippen molar-refractivity contribution in [3.8, 4) is 11.3 Å². The number of benzene rings is 3. The zero-order chi connectivity index (χ0) is 37.0. The first kappa shape index (κ1) is 36.9. The van der Waals surface area contributed by atoms with E-state index in [0.717, 1.165) is 81.6 Å². The molecule has 1 fully saturated rings. The fourth-order valence-electron chi connectivity index (χ4n) is 7.37. The molecule has 1 aliphatic heterocycles. The van der Waals surface area contributed by atoms with E-state index < -0.39 is 7.82 Å². The number of phosphoric ester groups is 1. The van der Waals surface area contributed by atoms with Gasteiger partial charge in [0.2, 0.25) is 5.91 Å². The number of rotatable bonds is 14. The minimum Gasteiger partial charge on any atom is -0.317 e. The molecule has 3 aromatic heterocycles. The Morgan fingerprint density at radius 3 is 2.21 bits per heavy atom. The molecule has 53 heavy (non-hydrogen) atoms. The first-order valence-electron chi connectivity index (χ1n) is 18.6. The van der Waals surface area contributed by atoms with Crippen LogP contribution in [0.25, 0.3) is 27.8 Å². The largest absolute Gasteiger partial charge is 0.475 e. The van der Waals surface area contributed by atoms with Gasteiger partial charge in [0.1, 0.15) is 6.33 Å². The molecule has 0 bridgehead atoms. The Morgan fingerprint density at radius 1 is 0.906 bits per heavy atom. The second-order valence-electron chi connectivity index (χ2n) is 14.2. The number of nitrogens with zero attached hydrogens (tertiary/aromatic N) is 4. The van der Waals surface area contributed by atoms with Crippen LogP contribution in [0.2, 0.25) is 0 Å². The summed E-state index contributed by atoms with van der Waals surface area (Å²) >= 11 is 0. The highest BCUT2D eigenvalue weighted by molar-refractivity contribution is 7.48. The Hall–Kier alpha value is -4.44. The summed E-state index contributed by atoms with van der Waals surface area (Å²) in [6.45, 7) is 10.7. The summed E-state index contributed by atoms with van der Waals surface area (Å²) in [6.07, 6.45) is 6.21. The standard InChI is InChI=1S/C42H48N5O5P/c1-29(2)40-36-24-35(34-19-21-43-22-20-34)17-18-38(36)47(41(40)37-25-46-42(44-28-45-46)31(4)30(37)3)39(48)16-11-23-50-53(49,51-26-32-12-7-5-8-13-32)52-27-33-14-9-6-10-15-33/h5-10,12-15,17-18,24-25,28-29,34,43H,11,16,19-23,26-27H2,1-4H3. The van der Waals surface area contributed by atoms with Crippen LogP contribution in [0.4, 0.5) is 0 Å². The van der Waals surface area contributed by atoms with E-state index in [0.29, 0.717) is 12.3 Å². The summed E-state index contributed by atoms with van der Waals surface area (Å²) < 4.78 is 35.1. The van der Waals surface area contributed by atoms with Crippen LogP contribution in [-0.2, 0) is 31.4 Å². The fourth-order valence-corrected chi connectivity index (χ4v) is 8.56. The quantitative estimate of drug-likeness (QED) is 0.0871. The zero-order valence-corrected chi connectivity index (χ0v) is 31.9. The number of carbonyl (C=O) groups excluding carboxylic acids is 1. The van der Waals surface area contributed by atoms with Gasteiger partial charge in [-0.15, -0.1) is 0 Å².